The van der Waals surface area contributed by atoms with E-state index in [-0.39, 0.29) is 11.9 Å². The summed E-state index contributed by atoms with van der Waals surface area (Å²) < 4.78 is 19.0. The van der Waals surface area contributed by atoms with Gasteiger partial charge >= 0.3 is 0 Å². The van der Waals surface area contributed by atoms with Gasteiger partial charge in [0.05, 0.1) is 6.04 Å². The molecular formula is C16H17ClFNO. The van der Waals surface area contributed by atoms with Gasteiger partial charge in [0.15, 0.2) is 0 Å². The highest BCUT2D eigenvalue weighted by Crippen LogP contribution is 2.20. The molecule has 1 unspecified atom stereocenters. The Balaban J connectivity index is 2.05. The number of nitrogens with one attached hydrogen (secondary N) is 1. The second kappa shape index (κ2) is 6.73. The third kappa shape index (κ3) is 3.71. The normalized spacial score (nSPS) is 12.2. The molecule has 0 aromatic heterocycles. The van der Waals surface area contributed by atoms with Crippen LogP contribution in [0.1, 0.15) is 17.2 Å². The van der Waals surface area contributed by atoms with E-state index in [4.69, 9.17) is 16.3 Å². The number of ether oxygens (including phenoxy) is 1. The molecule has 0 fully saturated rings. The summed E-state index contributed by atoms with van der Waals surface area (Å²) in [6, 6.07) is 12.3. The second-order valence-corrected chi connectivity index (χ2v) is 5.05. The van der Waals surface area contributed by atoms with E-state index < -0.39 is 0 Å². The van der Waals surface area contributed by atoms with Gasteiger partial charge in [-0.05, 0) is 55.4 Å². The van der Waals surface area contributed by atoms with Crippen LogP contribution in [0.4, 0.5) is 4.39 Å². The van der Waals surface area contributed by atoms with Gasteiger partial charge in [-0.3, -0.25) is 0 Å². The van der Waals surface area contributed by atoms with Crippen molar-refractivity contribution >= 4 is 11.6 Å². The summed E-state index contributed by atoms with van der Waals surface area (Å²) in [5, 5.41) is 3.85. The van der Waals surface area contributed by atoms with Crippen LogP contribution < -0.4 is 10.1 Å². The summed E-state index contributed by atoms with van der Waals surface area (Å²) in [6.45, 7) is 2.22. The Kier molecular flexibility index (Phi) is 4.99. The fraction of sp³-hybridized carbons (Fsp3) is 0.250. The minimum atomic E-state index is -0.192. The highest BCUT2D eigenvalue weighted by molar-refractivity contribution is 6.30. The maximum Gasteiger partial charge on any atom is 0.126 e. The molecule has 20 heavy (non-hydrogen) atoms. The predicted octanol–water partition coefficient (Wildman–Crippen LogP) is 4.13. The quantitative estimate of drug-likeness (QED) is 0.895. The summed E-state index contributed by atoms with van der Waals surface area (Å²) in [6.07, 6.45) is 0. The van der Waals surface area contributed by atoms with Gasteiger partial charge in [-0.15, -0.1) is 0 Å². The Bertz CT molecular complexity index is 571. The molecule has 2 rings (SSSR count). The van der Waals surface area contributed by atoms with Crippen molar-refractivity contribution in [3.8, 4) is 5.75 Å². The van der Waals surface area contributed by atoms with Crippen LogP contribution in [-0.2, 0) is 0 Å². The SMILES string of the molecule is CNC(COc1ccc(Cl)cc1)c1ccc(F)c(C)c1. The Morgan fingerprint density at radius 2 is 1.90 bits per heavy atom. The topological polar surface area (TPSA) is 21.3 Å². The molecule has 0 bridgehead atoms. The molecule has 0 saturated heterocycles. The lowest BCUT2D eigenvalue weighted by molar-refractivity contribution is 0.273. The fourth-order valence-electron chi connectivity index (χ4n) is 1.94. The molecule has 1 atom stereocenters. The van der Waals surface area contributed by atoms with Gasteiger partial charge in [-0.25, -0.2) is 4.39 Å². The van der Waals surface area contributed by atoms with Gasteiger partial charge in [0.25, 0.3) is 0 Å². The summed E-state index contributed by atoms with van der Waals surface area (Å²) in [5.74, 6) is 0.565. The van der Waals surface area contributed by atoms with Crippen molar-refractivity contribution in [2.75, 3.05) is 13.7 Å². The van der Waals surface area contributed by atoms with Gasteiger partial charge in [0.2, 0.25) is 0 Å². The zero-order valence-corrected chi connectivity index (χ0v) is 12.2. The summed E-state index contributed by atoms with van der Waals surface area (Å²) >= 11 is 5.83. The van der Waals surface area contributed by atoms with Crippen LogP contribution in [0.3, 0.4) is 0 Å². The molecule has 2 nitrogen and oxygen atoms in total. The molecule has 0 spiro atoms. The molecule has 0 amide bonds. The number of hydrogen-bond acceptors (Lipinski definition) is 2. The first-order valence-corrected chi connectivity index (χ1v) is 6.79. The maximum atomic E-state index is 13.3. The number of likely N-dealkylation sites (N-methyl/N-ethyl adjacent to an activating group) is 1. The van der Waals surface area contributed by atoms with Crippen molar-refractivity contribution in [3.05, 3.63) is 64.4 Å². The first kappa shape index (κ1) is 14.8. The van der Waals surface area contributed by atoms with Gasteiger partial charge in [0.1, 0.15) is 18.2 Å². The van der Waals surface area contributed by atoms with Gasteiger partial charge in [-0.1, -0.05) is 23.7 Å². The molecule has 0 radical (unpaired) electrons. The van der Waals surface area contributed by atoms with Crippen molar-refractivity contribution in [3.63, 3.8) is 0 Å². The first-order chi connectivity index (χ1) is 9.60. The van der Waals surface area contributed by atoms with Crippen molar-refractivity contribution in [2.45, 2.75) is 13.0 Å². The van der Waals surface area contributed by atoms with Crippen LogP contribution in [0.2, 0.25) is 5.02 Å². The molecule has 1 N–H and O–H groups in total. The third-order valence-electron chi connectivity index (χ3n) is 3.16. The zero-order chi connectivity index (χ0) is 14.5. The van der Waals surface area contributed by atoms with Crippen molar-refractivity contribution in [1.82, 2.24) is 5.32 Å². The van der Waals surface area contributed by atoms with E-state index in [0.29, 0.717) is 17.2 Å². The van der Waals surface area contributed by atoms with Crippen molar-refractivity contribution in [2.24, 2.45) is 0 Å². The molecule has 4 heteroatoms. The molecule has 2 aromatic rings. The molecular weight excluding hydrogens is 277 g/mol. The number of rotatable bonds is 5. The lowest BCUT2D eigenvalue weighted by Crippen LogP contribution is -2.23. The van der Waals surface area contributed by atoms with Gasteiger partial charge < -0.3 is 10.1 Å². The molecule has 0 heterocycles. The van der Waals surface area contributed by atoms with E-state index in [0.717, 1.165) is 11.3 Å². The second-order valence-electron chi connectivity index (χ2n) is 4.61. The van der Waals surface area contributed by atoms with E-state index >= 15 is 0 Å². The standard InChI is InChI=1S/C16H17ClFNO/c1-11-9-12(3-8-15(11)18)16(19-2)10-20-14-6-4-13(17)5-7-14/h3-9,16,19H,10H2,1-2H3. The average molecular weight is 294 g/mol. The van der Waals surface area contributed by atoms with E-state index in [1.165, 1.54) is 6.07 Å². The molecule has 106 valence electrons. The average Bonchev–Trinajstić information content (AvgIpc) is 2.45. The monoisotopic (exact) mass is 293 g/mol. The zero-order valence-electron chi connectivity index (χ0n) is 11.5. The Hall–Kier alpha value is -1.58. The minimum absolute atomic E-state index is 0.00461. The van der Waals surface area contributed by atoms with Crippen LogP contribution >= 0.6 is 11.6 Å². The molecule has 0 aliphatic carbocycles. The third-order valence-corrected chi connectivity index (χ3v) is 3.42. The van der Waals surface area contributed by atoms with E-state index in [1.54, 1.807) is 25.1 Å². The van der Waals surface area contributed by atoms with Crippen LogP contribution in [0.25, 0.3) is 0 Å². The highest BCUT2D eigenvalue weighted by atomic mass is 35.5. The number of benzene rings is 2. The lowest BCUT2D eigenvalue weighted by Gasteiger charge is -2.18. The number of aryl methyl sites for hydroxylation is 1. The Morgan fingerprint density at radius 3 is 2.50 bits per heavy atom. The molecule has 0 aliphatic heterocycles. The lowest BCUT2D eigenvalue weighted by atomic mass is 10.0. The van der Waals surface area contributed by atoms with Crippen molar-refractivity contribution < 1.29 is 9.13 Å². The van der Waals surface area contributed by atoms with E-state index in [2.05, 4.69) is 5.32 Å². The summed E-state index contributed by atoms with van der Waals surface area (Å²) in [4.78, 5) is 0. The summed E-state index contributed by atoms with van der Waals surface area (Å²) in [5.41, 5.74) is 1.63. The molecule has 2 aromatic carbocycles. The highest BCUT2D eigenvalue weighted by Gasteiger charge is 2.11. The summed E-state index contributed by atoms with van der Waals surface area (Å²) in [7, 11) is 1.86. The molecule has 0 aliphatic rings. The van der Waals surface area contributed by atoms with Crippen LogP contribution in [0.15, 0.2) is 42.5 Å². The smallest absolute Gasteiger partial charge is 0.126 e. The maximum absolute atomic E-state index is 13.3. The van der Waals surface area contributed by atoms with Crippen LogP contribution in [0, 0.1) is 12.7 Å². The predicted molar refractivity (Wildman–Crippen MR) is 79.9 cm³/mol. The fourth-order valence-corrected chi connectivity index (χ4v) is 2.07. The van der Waals surface area contributed by atoms with Crippen molar-refractivity contribution in [1.29, 1.82) is 0 Å². The Morgan fingerprint density at radius 1 is 1.20 bits per heavy atom. The molecule has 0 saturated carbocycles. The van der Waals surface area contributed by atoms with Gasteiger partial charge in [-0.2, -0.15) is 0 Å². The minimum Gasteiger partial charge on any atom is -0.492 e. The van der Waals surface area contributed by atoms with Crippen LogP contribution in [-0.4, -0.2) is 13.7 Å². The Labute approximate surface area is 123 Å². The van der Waals surface area contributed by atoms with E-state index in [1.807, 2.05) is 25.2 Å². The first-order valence-electron chi connectivity index (χ1n) is 6.42. The van der Waals surface area contributed by atoms with Crippen LogP contribution in [0.5, 0.6) is 5.75 Å². The number of hydrogen-bond donors (Lipinski definition) is 1. The van der Waals surface area contributed by atoms with Gasteiger partial charge in [0, 0.05) is 5.02 Å². The van der Waals surface area contributed by atoms with E-state index in [9.17, 15) is 4.39 Å². The number of halogens is 2. The largest absolute Gasteiger partial charge is 0.492 e.